The standard InChI is InChI=1S/C18H24N4O2/c1-12(11-23)20-17(24)15-9-5-6-13-10-19-18(22-16(13)15)21-14-7-3-2-4-8-14/h5-6,9-10,12,14,23H,2-4,7-8,11H2,1H3,(H,20,24)(H,19,21,22)/t12-/m0/s1. The van der Waals surface area contributed by atoms with Crippen molar-refractivity contribution in [2.45, 2.75) is 51.1 Å². The minimum absolute atomic E-state index is 0.0972. The molecule has 128 valence electrons. The number of aromatic nitrogens is 2. The van der Waals surface area contributed by atoms with Crippen molar-refractivity contribution in [3.05, 3.63) is 30.0 Å². The predicted molar refractivity (Wildman–Crippen MR) is 94.0 cm³/mol. The molecule has 1 saturated carbocycles. The Morgan fingerprint density at radius 3 is 2.88 bits per heavy atom. The molecule has 1 aromatic heterocycles. The van der Waals surface area contributed by atoms with Crippen molar-refractivity contribution < 1.29 is 9.90 Å². The largest absolute Gasteiger partial charge is 0.394 e. The lowest BCUT2D eigenvalue weighted by Crippen LogP contribution is -2.35. The first-order chi connectivity index (χ1) is 11.7. The highest BCUT2D eigenvalue weighted by molar-refractivity contribution is 6.05. The van der Waals surface area contributed by atoms with Crippen molar-refractivity contribution in [1.82, 2.24) is 15.3 Å². The SMILES string of the molecule is C[C@@H](CO)NC(=O)c1cccc2cnc(NC3CCCCC3)nc12. The molecule has 1 aliphatic carbocycles. The number of fused-ring (bicyclic) bond motifs is 1. The van der Waals surface area contributed by atoms with Crippen molar-refractivity contribution in [3.8, 4) is 0 Å². The second-order valence-corrected chi connectivity index (χ2v) is 6.47. The Labute approximate surface area is 141 Å². The zero-order chi connectivity index (χ0) is 16.9. The number of carbonyl (C=O) groups is 1. The molecule has 0 aliphatic heterocycles. The van der Waals surface area contributed by atoms with Crippen LogP contribution in [-0.2, 0) is 0 Å². The Bertz CT molecular complexity index is 713. The lowest BCUT2D eigenvalue weighted by molar-refractivity contribution is 0.0924. The molecule has 6 heteroatoms. The fourth-order valence-electron chi connectivity index (χ4n) is 3.09. The Morgan fingerprint density at radius 2 is 2.12 bits per heavy atom. The maximum Gasteiger partial charge on any atom is 0.253 e. The molecule has 0 radical (unpaired) electrons. The van der Waals surface area contributed by atoms with Crippen LogP contribution < -0.4 is 10.6 Å². The van der Waals surface area contributed by atoms with E-state index in [0.29, 0.717) is 23.1 Å². The van der Waals surface area contributed by atoms with E-state index in [1.165, 1.54) is 19.3 Å². The molecule has 1 atom stereocenters. The first-order valence-corrected chi connectivity index (χ1v) is 8.61. The van der Waals surface area contributed by atoms with Gasteiger partial charge in [0.2, 0.25) is 5.95 Å². The highest BCUT2D eigenvalue weighted by atomic mass is 16.3. The quantitative estimate of drug-likeness (QED) is 0.785. The number of amides is 1. The summed E-state index contributed by atoms with van der Waals surface area (Å²) in [5, 5.41) is 16.1. The summed E-state index contributed by atoms with van der Waals surface area (Å²) in [6.45, 7) is 1.66. The summed E-state index contributed by atoms with van der Waals surface area (Å²) in [6.07, 6.45) is 7.79. The Hall–Kier alpha value is -2.21. The molecule has 6 nitrogen and oxygen atoms in total. The van der Waals surface area contributed by atoms with Gasteiger partial charge in [-0.25, -0.2) is 9.97 Å². The van der Waals surface area contributed by atoms with Gasteiger partial charge in [-0.2, -0.15) is 0 Å². The summed E-state index contributed by atoms with van der Waals surface area (Å²) in [7, 11) is 0. The number of aliphatic hydroxyl groups is 1. The van der Waals surface area contributed by atoms with E-state index >= 15 is 0 Å². The van der Waals surface area contributed by atoms with E-state index in [1.54, 1.807) is 19.2 Å². The van der Waals surface area contributed by atoms with Crippen LogP contribution in [0.25, 0.3) is 10.9 Å². The first-order valence-electron chi connectivity index (χ1n) is 8.61. The van der Waals surface area contributed by atoms with Crippen LogP contribution in [0.5, 0.6) is 0 Å². The van der Waals surface area contributed by atoms with Crippen molar-refractivity contribution in [1.29, 1.82) is 0 Å². The lowest BCUT2D eigenvalue weighted by Gasteiger charge is -2.22. The average molecular weight is 328 g/mol. The monoisotopic (exact) mass is 328 g/mol. The predicted octanol–water partition coefficient (Wildman–Crippen LogP) is 2.49. The van der Waals surface area contributed by atoms with E-state index < -0.39 is 0 Å². The molecule has 1 amide bonds. The number of carbonyl (C=O) groups excluding carboxylic acids is 1. The summed E-state index contributed by atoms with van der Waals surface area (Å²) in [6, 6.07) is 5.57. The van der Waals surface area contributed by atoms with E-state index in [2.05, 4.69) is 20.6 Å². The molecule has 0 bridgehead atoms. The molecule has 1 aromatic carbocycles. The molecule has 2 aromatic rings. The van der Waals surface area contributed by atoms with Gasteiger partial charge in [-0.3, -0.25) is 4.79 Å². The van der Waals surface area contributed by atoms with Crippen LogP contribution in [0.2, 0.25) is 0 Å². The number of nitrogens with one attached hydrogen (secondary N) is 2. The fraction of sp³-hybridized carbons (Fsp3) is 0.500. The molecule has 3 rings (SSSR count). The maximum atomic E-state index is 12.4. The number of aliphatic hydroxyl groups excluding tert-OH is 1. The smallest absolute Gasteiger partial charge is 0.253 e. The van der Waals surface area contributed by atoms with Crippen LogP contribution in [0.4, 0.5) is 5.95 Å². The van der Waals surface area contributed by atoms with Gasteiger partial charge >= 0.3 is 0 Å². The number of nitrogens with zero attached hydrogens (tertiary/aromatic N) is 2. The summed E-state index contributed by atoms with van der Waals surface area (Å²) in [5.41, 5.74) is 1.13. The zero-order valence-corrected chi connectivity index (χ0v) is 14.0. The van der Waals surface area contributed by atoms with E-state index in [-0.39, 0.29) is 18.6 Å². The van der Waals surface area contributed by atoms with Crippen LogP contribution in [0.1, 0.15) is 49.4 Å². The van der Waals surface area contributed by atoms with Gasteiger partial charge in [0.15, 0.2) is 0 Å². The summed E-state index contributed by atoms with van der Waals surface area (Å²) < 4.78 is 0. The summed E-state index contributed by atoms with van der Waals surface area (Å²) >= 11 is 0. The average Bonchev–Trinajstić information content (AvgIpc) is 2.61. The number of anilines is 1. The number of hydrogen-bond acceptors (Lipinski definition) is 5. The number of rotatable bonds is 5. The second kappa shape index (κ2) is 7.57. The molecule has 3 N–H and O–H groups in total. The van der Waals surface area contributed by atoms with Gasteiger partial charge in [0, 0.05) is 23.7 Å². The summed E-state index contributed by atoms with van der Waals surface area (Å²) in [5.74, 6) is 0.342. The maximum absolute atomic E-state index is 12.4. The van der Waals surface area contributed by atoms with Gasteiger partial charge < -0.3 is 15.7 Å². The summed E-state index contributed by atoms with van der Waals surface area (Å²) in [4.78, 5) is 21.4. The number of hydrogen-bond donors (Lipinski definition) is 3. The molecule has 1 aliphatic rings. The van der Waals surface area contributed by atoms with Gasteiger partial charge in [-0.05, 0) is 25.8 Å². The minimum atomic E-state index is -0.297. The van der Waals surface area contributed by atoms with E-state index in [0.717, 1.165) is 18.2 Å². The van der Waals surface area contributed by atoms with Gasteiger partial charge in [0.25, 0.3) is 5.91 Å². The number of benzene rings is 1. The third kappa shape index (κ3) is 3.82. The van der Waals surface area contributed by atoms with Crippen molar-refractivity contribution in [2.75, 3.05) is 11.9 Å². The molecular formula is C18H24N4O2. The van der Waals surface area contributed by atoms with E-state index in [1.807, 2.05) is 12.1 Å². The third-order valence-electron chi connectivity index (χ3n) is 4.45. The molecule has 1 heterocycles. The van der Waals surface area contributed by atoms with E-state index in [9.17, 15) is 4.79 Å². The molecule has 0 spiro atoms. The zero-order valence-electron chi connectivity index (χ0n) is 14.0. The van der Waals surface area contributed by atoms with Crippen LogP contribution in [0.3, 0.4) is 0 Å². The van der Waals surface area contributed by atoms with Gasteiger partial charge in [0.1, 0.15) is 0 Å². The van der Waals surface area contributed by atoms with Crippen LogP contribution >= 0.6 is 0 Å². The minimum Gasteiger partial charge on any atom is -0.394 e. The highest BCUT2D eigenvalue weighted by Crippen LogP contribution is 2.22. The molecule has 0 saturated heterocycles. The molecular weight excluding hydrogens is 304 g/mol. The number of para-hydroxylation sites is 1. The topological polar surface area (TPSA) is 87.1 Å². The Morgan fingerprint density at radius 1 is 1.33 bits per heavy atom. The lowest BCUT2D eigenvalue weighted by atomic mass is 9.96. The molecule has 24 heavy (non-hydrogen) atoms. The third-order valence-corrected chi connectivity index (χ3v) is 4.45. The normalized spacial score (nSPS) is 16.8. The van der Waals surface area contributed by atoms with Gasteiger partial charge in [0.05, 0.1) is 17.7 Å². The van der Waals surface area contributed by atoms with Crippen molar-refractivity contribution >= 4 is 22.8 Å². The van der Waals surface area contributed by atoms with Crippen LogP contribution in [0.15, 0.2) is 24.4 Å². The van der Waals surface area contributed by atoms with Crippen LogP contribution in [0, 0.1) is 0 Å². The van der Waals surface area contributed by atoms with Crippen LogP contribution in [-0.4, -0.2) is 39.7 Å². The second-order valence-electron chi connectivity index (χ2n) is 6.47. The molecule has 0 unspecified atom stereocenters. The molecule has 1 fully saturated rings. The fourth-order valence-corrected chi connectivity index (χ4v) is 3.09. The Kier molecular flexibility index (Phi) is 5.25. The highest BCUT2D eigenvalue weighted by Gasteiger charge is 2.17. The van der Waals surface area contributed by atoms with E-state index in [4.69, 9.17) is 5.11 Å². The van der Waals surface area contributed by atoms with Crippen molar-refractivity contribution in [3.63, 3.8) is 0 Å². The first kappa shape index (κ1) is 16.6. The van der Waals surface area contributed by atoms with Gasteiger partial charge in [-0.15, -0.1) is 0 Å². The van der Waals surface area contributed by atoms with Crippen molar-refractivity contribution in [2.24, 2.45) is 0 Å². The van der Waals surface area contributed by atoms with Gasteiger partial charge in [-0.1, -0.05) is 31.4 Å². The Balaban J connectivity index is 1.86.